The van der Waals surface area contributed by atoms with Crippen molar-refractivity contribution >= 4 is 17.5 Å². The van der Waals surface area contributed by atoms with E-state index in [0.717, 1.165) is 24.2 Å². The summed E-state index contributed by atoms with van der Waals surface area (Å²) in [5, 5.41) is 0.242. The van der Waals surface area contributed by atoms with Crippen LogP contribution in [-0.4, -0.2) is 33.0 Å². The Labute approximate surface area is 123 Å². The lowest BCUT2D eigenvalue weighted by atomic mass is 10.1. The fourth-order valence-electron chi connectivity index (χ4n) is 2.42. The van der Waals surface area contributed by atoms with E-state index >= 15 is 0 Å². The molecular weight excluding hydrogens is 274 g/mol. The summed E-state index contributed by atoms with van der Waals surface area (Å²) < 4.78 is 0. The van der Waals surface area contributed by atoms with Crippen molar-refractivity contribution in [2.75, 3.05) is 18.0 Å². The molecule has 104 valence electrons. The van der Waals surface area contributed by atoms with Gasteiger partial charge in [0.2, 0.25) is 11.2 Å². The number of aromatic nitrogens is 4. The Bertz CT molecular complexity index is 610. The van der Waals surface area contributed by atoms with Crippen molar-refractivity contribution in [2.24, 2.45) is 0 Å². The van der Waals surface area contributed by atoms with Gasteiger partial charge in [-0.2, -0.15) is 15.0 Å². The summed E-state index contributed by atoms with van der Waals surface area (Å²) >= 11 is 6.07. The van der Waals surface area contributed by atoms with E-state index in [1.165, 1.54) is 19.3 Å². The number of rotatable bonds is 2. The topological polar surface area (TPSA) is 54.8 Å². The minimum Gasteiger partial charge on any atom is -0.341 e. The molecule has 0 aliphatic carbocycles. The molecule has 1 aliphatic heterocycles. The molecule has 2 aromatic heterocycles. The van der Waals surface area contributed by atoms with Crippen molar-refractivity contribution in [2.45, 2.75) is 26.2 Å². The third kappa shape index (κ3) is 2.72. The highest BCUT2D eigenvalue weighted by atomic mass is 35.5. The van der Waals surface area contributed by atoms with E-state index < -0.39 is 0 Å². The van der Waals surface area contributed by atoms with Crippen LogP contribution in [0.4, 0.5) is 5.95 Å². The molecule has 3 heterocycles. The summed E-state index contributed by atoms with van der Waals surface area (Å²) in [6.45, 7) is 3.95. The summed E-state index contributed by atoms with van der Waals surface area (Å²) in [5.74, 6) is 1.29. The van der Waals surface area contributed by atoms with Gasteiger partial charge in [-0.15, -0.1) is 0 Å². The Morgan fingerprint density at radius 2 is 1.90 bits per heavy atom. The van der Waals surface area contributed by atoms with Gasteiger partial charge in [0.1, 0.15) is 0 Å². The molecule has 3 rings (SSSR count). The van der Waals surface area contributed by atoms with E-state index in [4.69, 9.17) is 11.6 Å². The molecule has 6 heteroatoms. The van der Waals surface area contributed by atoms with Gasteiger partial charge in [0, 0.05) is 31.0 Å². The van der Waals surface area contributed by atoms with Crippen LogP contribution in [0.25, 0.3) is 11.4 Å². The van der Waals surface area contributed by atoms with Crippen LogP contribution in [0.2, 0.25) is 5.28 Å². The van der Waals surface area contributed by atoms with Crippen molar-refractivity contribution in [1.29, 1.82) is 0 Å². The van der Waals surface area contributed by atoms with Gasteiger partial charge < -0.3 is 4.90 Å². The summed E-state index contributed by atoms with van der Waals surface area (Å²) in [5.41, 5.74) is 1.97. The van der Waals surface area contributed by atoms with Crippen LogP contribution in [0.1, 0.15) is 24.8 Å². The van der Waals surface area contributed by atoms with Crippen LogP contribution in [0, 0.1) is 6.92 Å². The maximum absolute atomic E-state index is 6.07. The van der Waals surface area contributed by atoms with Gasteiger partial charge in [0.05, 0.1) is 0 Å². The summed E-state index contributed by atoms with van der Waals surface area (Å²) in [7, 11) is 0. The molecule has 0 bridgehead atoms. The van der Waals surface area contributed by atoms with Crippen LogP contribution in [0.3, 0.4) is 0 Å². The third-order valence-corrected chi connectivity index (χ3v) is 3.67. The standard InChI is InChI=1S/C14H16ClN5/c1-10-9-16-6-5-11(10)12-17-13(15)19-14(18-12)20-7-3-2-4-8-20/h5-6,9H,2-4,7-8H2,1H3. The predicted molar refractivity (Wildman–Crippen MR) is 78.9 cm³/mol. The first-order valence-electron chi connectivity index (χ1n) is 6.81. The Balaban J connectivity index is 2.00. The van der Waals surface area contributed by atoms with Gasteiger partial charge in [0.25, 0.3) is 0 Å². The lowest BCUT2D eigenvalue weighted by molar-refractivity contribution is 0.567. The molecule has 0 radical (unpaired) electrons. The summed E-state index contributed by atoms with van der Waals surface area (Å²) in [4.78, 5) is 19.4. The quantitative estimate of drug-likeness (QED) is 0.851. The molecule has 0 aromatic carbocycles. The Kier molecular flexibility index (Phi) is 3.78. The third-order valence-electron chi connectivity index (χ3n) is 3.50. The predicted octanol–water partition coefficient (Wildman–Crippen LogP) is 2.89. The number of piperidine rings is 1. The molecule has 0 N–H and O–H groups in total. The molecule has 20 heavy (non-hydrogen) atoms. The SMILES string of the molecule is Cc1cnccc1-c1nc(Cl)nc(N2CCCCC2)n1. The van der Waals surface area contributed by atoms with Gasteiger partial charge >= 0.3 is 0 Å². The zero-order valence-corrected chi connectivity index (χ0v) is 12.1. The highest BCUT2D eigenvalue weighted by Gasteiger charge is 2.16. The van der Waals surface area contributed by atoms with Gasteiger partial charge in [-0.05, 0) is 49.4 Å². The minimum absolute atomic E-state index is 0.242. The van der Waals surface area contributed by atoms with Crippen LogP contribution in [0.5, 0.6) is 0 Å². The largest absolute Gasteiger partial charge is 0.341 e. The number of hydrogen-bond acceptors (Lipinski definition) is 5. The number of pyridine rings is 1. The molecule has 0 spiro atoms. The minimum atomic E-state index is 0.242. The van der Waals surface area contributed by atoms with Crippen molar-refractivity contribution in [3.8, 4) is 11.4 Å². The summed E-state index contributed by atoms with van der Waals surface area (Å²) in [6.07, 6.45) is 7.15. The lowest BCUT2D eigenvalue weighted by Gasteiger charge is -2.26. The Morgan fingerprint density at radius 1 is 1.10 bits per heavy atom. The Morgan fingerprint density at radius 3 is 2.65 bits per heavy atom. The lowest BCUT2D eigenvalue weighted by Crippen LogP contribution is -2.31. The van der Waals surface area contributed by atoms with Crippen LogP contribution < -0.4 is 4.90 Å². The number of halogens is 1. The maximum atomic E-state index is 6.07. The average Bonchev–Trinajstić information content (AvgIpc) is 2.48. The van der Waals surface area contributed by atoms with E-state index in [2.05, 4.69) is 24.8 Å². The second-order valence-electron chi connectivity index (χ2n) is 4.97. The molecule has 5 nitrogen and oxygen atoms in total. The van der Waals surface area contributed by atoms with Crippen molar-refractivity contribution in [3.05, 3.63) is 29.3 Å². The Hall–Kier alpha value is -1.75. The number of nitrogens with zero attached hydrogens (tertiary/aromatic N) is 5. The fourth-order valence-corrected chi connectivity index (χ4v) is 2.58. The first-order chi connectivity index (χ1) is 9.74. The second kappa shape index (κ2) is 5.71. The van der Waals surface area contributed by atoms with Crippen LogP contribution >= 0.6 is 11.6 Å². The highest BCUT2D eigenvalue weighted by molar-refractivity contribution is 6.28. The monoisotopic (exact) mass is 289 g/mol. The van der Waals surface area contributed by atoms with Crippen molar-refractivity contribution in [3.63, 3.8) is 0 Å². The molecule has 1 saturated heterocycles. The molecule has 0 saturated carbocycles. The van der Waals surface area contributed by atoms with E-state index in [9.17, 15) is 0 Å². The maximum Gasteiger partial charge on any atom is 0.230 e. The van der Waals surface area contributed by atoms with Gasteiger partial charge in [0.15, 0.2) is 5.82 Å². The number of hydrogen-bond donors (Lipinski definition) is 0. The summed E-state index contributed by atoms with van der Waals surface area (Å²) in [6, 6.07) is 1.90. The van der Waals surface area contributed by atoms with Crippen LogP contribution in [-0.2, 0) is 0 Å². The zero-order chi connectivity index (χ0) is 13.9. The smallest absolute Gasteiger partial charge is 0.230 e. The normalized spacial score (nSPS) is 15.4. The molecule has 2 aromatic rings. The molecule has 0 amide bonds. The molecule has 0 unspecified atom stereocenters. The van der Waals surface area contributed by atoms with Crippen molar-refractivity contribution in [1.82, 2.24) is 19.9 Å². The van der Waals surface area contributed by atoms with Gasteiger partial charge in [-0.3, -0.25) is 4.98 Å². The number of aryl methyl sites for hydroxylation is 1. The van der Waals surface area contributed by atoms with E-state index in [1.807, 2.05) is 13.0 Å². The molecule has 1 aliphatic rings. The molecular formula is C14H16ClN5. The van der Waals surface area contributed by atoms with Gasteiger partial charge in [-0.25, -0.2) is 0 Å². The van der Waals surface area contributed by atoms with E-state index in [1.54, 1.807) is 12.4 Å². The zero-order valence-electron chi connectivity index (χ0n) is 11.4. The van der Waals surface area contributed by atoms with E-state index in [0.29, 0.717) is 11.8 Å². The average molecular weight is 290 g/mol. The van der Waals surface area contributed by atoms with Crippen molar-refractivity contribution < 1.29 is 0 Å². The van der Waals surface area contributed by atoms with E-state index in [-0.39, 0.29) is 5.28 Å². The first kappa shape index (κ1) is 13.2. The number of anilines is 1. The van der Waals surface area contributed by atoms with Crippen LogP contribution in [0.15, 0.2) is 18.5 Å². The highest BCUT2D eigenvalue weighted by Crippen LogP contribution is 2.23. The van der Waals surface area contributed by atoms with Gasteiger partial charge in [-0.1, -0.05) is 0 Å². The molecule has 0 atom stereocenters. The first-order valence-corrected chi connectivity index (χ1v) is 7.19. The fraction of sp³-hybridized carbons (Fsp3) is 0.429. The molecule has 1 fully saturated rings. The second-order valence-corrected chi connectivity index (χ2v) is 5.30.